The van der Waals surface area contributed by atoms with Crippen molar-refractivity contribution in [1.29, 1.82) is 0 Å². The quantitative estimate of drug-likeness (QED) is 0.382. The minimum atomic E-state index is -3.11. The molecule has 5 atom stereocenters. The molecular weight excluding hydrogens is 533 g/mol. The molecule has 1 aliphatic carbocycles. The minimum Gasteiger partial charge on any atom is -0.435 e. The molecule has 10 nitrogen and oxygen atoms in total. The third-order valence-electron chi connectivity index (χ3n) is 6.55. The molecule has 0 radical (unpaired) electrons. The van der Waals surface area contributed by atoms with Gasteiger partial charge < -0.3 is 14.7 Å². The molecule has 2 heterocycles. The maximum Gasteiger partial charge on any atom is 0.387 e. The van der Waals surface area contributed by atoms with Crippen molar-refractivity contribution in [2.24, 2.45) is 22.2 Å². The van der Waals surface area contributed by atoms with E-state index in [1.54, 1.807) is 0 Å². The normalized spacial score (nSPS) is 25.1. The van der Waals surface area contributed by atoms with Gasteiger partial charge in [0, 0.05) is 11.6 Å². The van der Waals surface area contributed by atoms with Crippen LogP contribution in [0.2, 0.25) is 5.02 Å². The molecular formula is C23H22Cl2F2N6O4. The number of amides is 2. The lowest BCUT2D eigenvalue weighted by molar-refractivity contribution is -0.167. The van der Waals surface area contributed by atoms with Gasteiger partial charge in [-0.15, -0.1) is 5.11 Å². The van der Waals surface area contributed by atoms with E-state index < -0.39 is 36.2 Å². The number of rotatable bonds is 8. The average Bonchev–Trinajstić information content (AvgIpc) is 3.32. The zero-order valence-corrected chi connectivity index (χ0v) is 20.6. The molecule has 4 unspecified atom stereocenters. The van der Waals surface area contributed by atoms with Crippen molar-refractivity contribution in [3.63, 3.8) is 0 Å². The Morgan fingerprint density at radius 3 is 2.68 bits per heavy atom. The predicted molar refractivity (Wildman–Crippen MR) is 127 cm³/mol. The summed E-state index contributed by atoms with van der Waals surface area (Å²) < 4.78 is 29.7. The molecule has 2 fully saturated rings. The molecule has 2 aromatic rings. The van der Waals surface area contributed by atoms with E-state index in [9.17, 15) is 23.5 Å². The van der Waals surface area contributed by atoms with Crippen molar-refractivity contribution >= 4 is 35.0 Å². The van der Waals surface area contributed by atoms with Crippen LogP contribution in [0.5, 0.6) is 5.75 Å². The summed E-state index contributed by atoms with van der Waals surface area (Å²) in [6, 6.07) is 11.9. The van der Waals surface area contributed by atoms with Gasteiger partial charge in [-0.3, -0.25) is 9.59 Å². The van der Waals surface area contributed by atoms with Crippen molar-refractivity contribution in [1.82, 2.24) is 20.6 Å². The third kappa shape index (κ3) is 5.33. The number of nitrogens with one attached hydrogen (secondary N) is 1. The number of piperidine rings is 1. The summed E-state index contributed by atoms with van der Waals surface area (Å²) in [6.45, 7) is -2.71. The Morgan fingerprint density at radius 1 is 1.24 bits per heavy atom. The Morgan fingerprint density at radius 2 is 2.00 bits per heavy atom. The molecule has 5 rings (SSSR count). The highest BCUT2D eigenvalue weighted by molar-refractivity contribution is 6.30. The first kappa shape index (κ1) is 25.6. The fraction of sp³-hybridized carbons (Fsp3) is 0.391. The van der Waals surface area contributed by atoms with E-state index in [1.165, 1.54) is 21.1 Å². The number of carbonyl (C=O) groups excluding carboxylic acids is 2. The van der Waals surface area contributed by atoms with E-state index in [0.29, 0.717) is 0 Å². The van der Waals surface area contributed by atoms with E-state index in [4.69, 9.17) is 23.2 Å². The summed E-state index contributed by atoms with van der Waals surface area (Å²) in [5.74, 6) is -1.46. The van der Waals surface area contributed by atoms with Crippen molar-refractivity contribution < 1.29 is 28.2 Å². The molecule has 1 saturated heterocycles. The second kappa shape index (κ2) is 10.4. The number of aliphatic hydroxyl groups is 1. The van der Waals surface area contributed by atoms with Crippen LogP contribution < -0.4 is 10.3 Å². The Labute approximate surface area is 220 Å². The van der Waals surface area contributed by atoms with Gasteiger partial charge in [0.25, 0.3) is 11.8 Å². The molecule has 3 aliphatic rings. The van der Waals surface area contributed by atoms with Crippen LogP contribution in [-0.4, -0.2) is 56.8 Å². The molecule has 0 aromatic heterocycles. The van der Waals surface area contributed by atoms with Gasteiger partial charge in [0.2, 0.25) is 5.62 Å². The van der Waals surface area contributed by atoms with Crippen LogP contribution in [0.4, 0.5) is 8.78 Å². The Kier molecular flexibility index (Phi) is 7.17. The molecule has 196 valence electrons. The maximum absolute atomic E-state index is 13.9. The fourth-order valence-corrected chi connectivity index (χ4v) is 5.20. The number of ether oxygens (including phenoxy) is 1. The molecule has 2 amide bonds. The first-order valence-corrected chi connectivity index (χ1v) is 12.2. The second-order valence-corrected chi connectivity index (χ2v) is 9.78. The highest BCUT2D eigenvalue weighted by Crippen LogP contribution is 2.51. The highest BCUT2D eigenvalue weighted by atomic mass is 35.5. The molecule has 2 aliphatic heterocycles. The van der Waals surface area contributed by atoms with E-state index in [2.05, 4.69) is 20.6 Å². The molecule has 37 heavy (non-hydrogen) atoms. The lowest BCUT2D eigenvalue weighted by atomic mass is 10.1. The number of hydrogen-bond acceptors (Lipinski definition) is 8. The van der Waals surface area contributed by atoms with E-state index >= 15 is 0 Å². The van der Waals surface area contributed by atoms with Crippen LogP contribution in [0.1, 0.15) is 23.7 Å². The van der Waals surface area contributed by atoms with Crippen molar-refractivity contribution in [2.45, 2.75) is 37.3 Å². The van der Waals surface area contributed by atoms with Crippen molar-refractivity contribution in [2.75, 3.05) is 6.54 Å². The van der Waals surface area contributed by atoms with Gasteiger partial charge in [-0.2, -0.15) is 14.3 Å². The average molecular weight is 555 g/mol. The first-order valence-electron chi connectivity index (χ1n) is 11.4. The van der Waals surface area contributed by atoms with Gasteiger partial charge in [0.05, 0.1) is 6.54 Å². The van der Waals surface area contributed by atoms with Crippen molar-refractivity contribution in [3.05, 3.63) is 64.7 Å². The number of hydrogen-bond donors (Lipinski definition) is 2. The van der Waals surface area contributed by atoms with Crippen LogP contribution in [0, 0.1) is 11.8 Å². The van der Waals surface area contributed by atoms with Gasteiger partial charge in [-0.05, 0) is 47.6 Å². The number of hydrazine groups is 2. The number of fused-ring (bicyclic) bond motifs is 1. The van der Waals surface area contributed by atoms with Crippen molar-refractivity contribution in [3.8, 4) is 5.75 Å². The molecule has 0 bridgehead atoms. The van der Waals surface area contributed by atoms with Gasteiger partial charge in [-0.1, -0.05) is 63.9 Å². The summed E-state index contributed by atoms with van der Waals surface area (Å²) in [6.07, 6.45) is -0.990. The standard InChI is InChI=1S/C23H22Cl2F2N6O4/c24-15-6-13(7-16(9-15)37-23(26)27)19(34)21(36)31-11-14-8-17(14)18(31)20(35)32(33-22(25)28-29-30-33)10-12-4-2-1-3-5-12/h1-7,9,14,17-19,22-23,34H,8,10-11H2,(H,28,30)/t14?,17?,18?,19-,22?/m1/s1. The van der Waals surface area contributed by atoms with Gasteiger partial charge in [0.15, 0.2) is 6.10 Å². The van der Waals surface area contributed by atoms with Gasteiger partial charge in [0.1, 0.15) is 11.8 Å². The van der Waals surface area contributed by atoms with Gasteiger partial charge >= 0.3 is 6.61 Å². The molecule has 14 heteroatoms. The second-order valence-electron chi connectivity index (χ2n) is 8.95. The number of benzene rings is 2. The number of carbonyl (C=O) groups is 2. The predicted octanol–water partition coefficient (Wildman–Crippen LogP) is 3.48. The Balaban J connectivity index is 1.39. The topological polar surface area (TPSA) is 110 Å². The summed E-state index contributed by atoms with van der Waals surface area (Å²) in [5, 5.41) is 21.0. The van der Waals surface area contributed by atoms with E-state index in [0.717, 1.165) is 24.1 Å². The van der Waals surface area contributed by atoms with E-state index in [1.807, 2.05) is 30.3 Å². The monoisotopic (exact) mass is 554 g/mol. The Bertz CT molecular complexity index is 1210. The number of likely N-dealkylation sites (tertiary alicyclic amines) is 1. The number of aliphatic hydroxyl groups excluding tert-OH is 1. The SMILES string of the molecule is O=C([C@H](O)c1cc(Cl)cc(OC(F)F)c1)N1CC2CC2C1C(=O)N(Cc1ccccc1)N1NN=NC1Cl. The van der Waals surface area contributed by atoms with Crippen LogP contribution in [0.3, 0.4) is 0 Å². The van der Waals surface area contributed by atoms with Crippen LogP contribution >= 0.6 is 23.2 Å². The maximum atomic E-state index is 13.9. The highest BCUT2D eigenvalue weighted by Gasteiger charge is 2.59. The summed E-state index contributed by atoms with van der Waals surface area (Å²) in [5.41, 5.74) is 2.40. The molecule has 0 spiro atoms. The largest absolute Gasteiger partial charge is 0.435 e. The number of alkyl halides is 3. The number of halogens is 4. The summed E-state index contributed by atoms with van der Waals surface area (Å²) in [7, 11) is 0. The van der Waals surface area contributed by atoms with Crippen LogP contribution in [0.25, 0.3) is 0 Å². The molecule has 2 N–H and O–H groups in total. The third-order valence-corrected chi connectivity index (χ3v) is 7.04. The molecule has 2 aromatic carbocycles. The fourth-order valence-electron chi connectivity index (χ4n) is 4.78. The van der Waals surface area contributed by atoms with Crippen LogP contribution in [-0.2, 0) is 16.1 Å². The summed E-state index contributed by atoms with van der Waals surface area (Å²) in [4.78, 5) is 28.7. The van der Waals surface area contributed by atoms with Crippen LogP contribution in [0.15, 0.2) is 58.9 Å². The van der Waals surface area contributed by atoms with E-state index in [-0.39, 0.29) is 41.3 Å². The van der Waals surface area contributed by atoms with Gasteiger partial charge in [-0.25, -0.2) is 5.01 Å². The molecule has 1 saturated carbocycles. The Hall–Kier alpha value is -3.06. The minimum absolute atomic E-state index is 0.00620. The zero-order chi connectivity index (χ0) is 26.3. The summed E-state index contributed by atoms with van der Waals surface area (Å²) >= 11 is 12.2. The number of nitrogens with zero attached hydrogens (tertiary/aromatic N) is 5. The lowest BCUT2D eigenvalue weighted by Gasteiger charge is -2.36. The first-order chi connectivity index (χ1) is 17.7. The zero-order valence-electron chi connectivity index (χ0n) is 19.1. The smallest absolute Gasteiger partial charge is 0.387 e. The lowest BCUT2D eigenvalue weighted by Crippen LogP contribution is -2.58.